The second-order valence-electron chi connectivity index (χ2n) is 6.56. The molecule has 0 bridgehead atoms. The Morgan fingerprint density at radius 2 is 2.09 bits per heavy atom. The van der Waals surface area contributed by atoms with Crippen molar-refractivity contribution in [1.82, 2.24) is 20.4 Å². The Kier molecular flexibility index (Phi) is 8.36. The molecule has 1 saturated carbocycles. The van der Waals surface area contributed by atoms with Crippen LogP contribution in [0.2, 0.25) is 0 Å². The van der Waals surface area contributed by atoms with Gasteiger partial charge >= 0.3 is 0 Å². The zero-order valence-electron chi connectivity index (χ0n) is 15.0. The highest BCUT2D eigenvalue weighted by Crippen LogP contribution is 2.42. The van der Waals surface area contributed by atoms with E-state index in [0.717, 1.165) is 37.7 Å². The average Bonchev–Trinajstić information content (AvgIpc) is 2.78. The Labute approximate surface area is 157 Å². The Morgan fingerprint density at radius 3 is 2.57 bits per heavy atom. The lowest BCUT2D eigenvalue weighted by Gasteiger charge is -2.41. The monoisotopic (exact) mass is 433 g/mol. The fraction of sp³-hybridized carbons (Fsp3) is 0.765. The molecule has 0 atom stereocenters. The molecule has 1 aliphatic rings. The molecule has 0 unspecified atom stereocenters. The van der Waals surface area contributed by atoms with Gasteiger partial charge in [0.1, 0.15) is 0 Å². The highest BCUT2D eigenvalue weighted by molar-refractivity contribution is 14.0. The summed E-state index contributed by atoms with van der Waals surface area (Å²) in [5, 5.41) is 11.4. The first kappa shape index (κ1) is 20.3. The Hall–Kier alpha value is -0.790. The van der Waals surface area contributed by atoms with E-state index in [1.165, 1.54) is 31.4 Å². The molecule has 0 saturated heterocycles. The fourth-order valence-electron chi connectivity index (χ4n) is 3.16. The van der Waals surface area contributed by atoms with Crippen molar-refractivity contribution < 1.29 is 0 Å². The maximum Gasteiger partial charge on any atom is 0.190 e. The first-order valence-corrected chi connectivity index (χ1v) is 8.54. The minimum atomic E-state index is 0. The van der Waals surface area contributed by atoms with E-state index >= 15 is 0 Å². The third-order valence-corrected chi connectivity index (χ3v) is 4.96. The number of aliphatic imine (C=N–C) groups is 1. The van der Waals surface area contributed by atoms with Crippen LogP contribution >= 0.6 is 24.0 Å². The molecule has 1 aromatic heterocycles. The van der Waals surface area contributed by atoms with Crippen molar-refractivity contribution in [3.05, 3.63) is 17.5 Å². The molecule has 132 valence electrons. The molecule has 6 heteroatoms. The van der Waals surface area contributed by atoms with Crippen LogP contribution in [0, 0.1) is 19.3 Å². The van der Waals surface area contributed by atoms with Gasteiger partial charge < -0.3 is 10.6 Å². The number of halogens is 1. The molecule has 0 aliphatic heterocycles. The van der Waals surface area contributed by atoms with Gasteiger partial charge in [0.2, 0.25) is 0 Å². The average molecular weight is 433 g/mol. The number of aryl methyl sites for hydroxylation is 3. The van der Waals surface area contributed by atoms with E-state index in [4.69, 9.17) is 0 Å². The topological polar surface area (TPSA) is 54.2 Å². The maximum absolute atomic E-state index is 4.49. The molecule has 1 aromatic rings. The zero-order chi connectivity index (χ0) is 16.0. The molecule has 0 amide bonds. The van der Waals surface area contributed by atoms with Gasteiger partial charge in [0.05, 0.1) is 5.69 Å². The van der Waals surface area contributed by atoms with Gasteiger partial charge in [-0.25, -0.2) is 0 Å². The second kappa shape index (κ2) is 9.49. The minimum Gasteiger partial charge on any atom is -0.356 e. The first-order valence-electron chi connectivity index (χ1n) is 8.54. The van der Waals surface area contributed by atoms with Crippen molar-refractivity contribution in [2.45, 2.75) is 59.4 Å². The molecule has 0 aromatic carbocycles. The molecule has 2 N–H and O–H groups in total. The van der Waals surface area contributed by atoms with Crippen LogP contribution in [-0.4, -0.2) is 35.9 Å². The second-order valence-corrected chi connectivity index (χ2v) is 6.56. The van der Waals surface area contributed by atoms with Crippen LogP contribution in [0.1, 0.15) is 50.4 Å². The predicted octanol–water partition coefficient (Wildman–Crippen LogP) is 3.25. The molecular weight excluding hydrogens is 401 g/mol. The summed E-state index contributed by atoms with van der Waals surface area (Å²) >= 11 is 0. The van der Waals surface area contributed by atoms with Crippen LogP contribution in [0.15, 0.2) is 11.1 Å². The van der Waals surface area contributed by atoms with Crippen LogP contribution in [-0.2, 0) is 6.54 Å². The summed E-state index contributed by atoms with van der Waals surface area (Å²) in [6, 6.07) is 2.12. The summed E-state index contributed by atoms with van der Waals surface area (Å²) in [4.78, 5) is 4.32. The SMILES string of the molecule is CCC1(CNC(=NC)NCCCn2nc(C)cc2C)CCC1.I. The van der Waals surface area contributed by atoms with Crippen molar-refractivity contribution in [1.29, 1.82) is 0 Å². The summed E-state index contributed by atoms with van der Waals surface area (Å²) in [6.07, 6.45) is 6.39. The van der Waals surface area contributed by atoms with Crippen molar-refractivity contribution in [3.63, 3.8) is 0 Å². The predicted molar refractivity (Wildman–Crippen MR) is 108 cm³/mol. The maximum atomic E-state index is 4.49. The number of guanidine groups is 1. The van der Waals surface area contributed by atoms with E-state index in [9.17, 15) is 0 Å². The number of hydrogen-bond donors (Lipinski definition) is 2. The number of nitrogens with one attached hydrogen (secondary N) is 2. The van der Waals surface area contributed by atoms with Gasteiger partial charge in [-0.05, 0) is 51.0 Å². The third-order valence-electron chi connectivity index (χ3n) is 4.96. The Morgan fingerprint density at radius 1 is 1.35 bits per heavy atom. The summed E-state index contributed by atoms with van der Waals surface area (Å²) < 4.78 is 2.08. The quantitative estimate of drug-likeness (QED) is 0.301. The van der Waals surface area contributed by atoms with E-state index in [-0.39, 0.29) is 24.0 Å². The van der Waals surface area contributed by atoms with Gasteiger partial charge in [0.25, 0.3) is 0 Å². The van der Waals surface area contributed by atoms with Gasteiger partial charge in [0.15, 0.2) is 5.96 Å². The van der Waals surface area contributed by atoms with Crippen LogP contribution in [0.25, 0.3) is 0 Å². The van der Waals surface area contributed by atoms with Crippen LogP contribution in [0.4, 0.5) is 0 Å². The van der Waals surface area contributed by atoms with Crippen LogP contribution < -0.4 is 10.6 Å². The lowest BCUT2D eigenvalue weighted by Crippen LogP contribution is -2.46. The third kappa shape index (κ3) is 5.65. The molecule has 23 heavy (non-hydrogen) atoms. The van der Waals surface area contributed by atoms with Gasteiger partial charge in [-0.15, -0.1) is 24.0 Å². The molecule has 1 fully saturated rings. The molecule has 1 aliphatic carbocycles. The number of rotatable bonds is 7. The first-order chi connectivity index (χ1) is 10.6. The van der Waals surface area contributed by atoms with Gasteiger partial charge in [-0.2, -0.15) is 5.10 Å². The number of nitrogens with zero attached hydrogens (tertiary/aromatic N) is 3. The molecular formula is C17H32IN5. The fourth-order valence-corrected chi connectivity index (χ4v) is 3.16. The van der Waals surface area contributed by atoms with E-state index in [1.807, 2.05) is 14.0 Å². The van der Waals surface area contributed by atoms with Gasteiger partial charge in [0, 0.05) is 32.4 Å². The van der Waals surface area contributed by atoms with E-state index in [0.29, 0.717) is 5.41 Å². The van der Waals surface area contributed by atoms with E-state index in [1.54, 1.807) is 0 Å². The summed E-state index contributed by atoms with van der Waals surface area (Å²) in [5.74, 6) is 0.924. The standard InChI is InChI=1S/C17H31N5.HI/c1-5-17(8-6-9-17)13-20-16(18-4)19-10-7-11-22-15(3)12-14(2)21-22;/h12H,5-11,13H2,1-4H3,(H2,18,19,20);1H. The van der Waals surface area contributed by atoms with Crippen molar-refractivity contribution >= 4 is 29.9 Å². The Balaban J connectivity index is 0.00000264. The minimum absolute atomic E-state index is 0. The van der Waals surface area contributed by atoms with Crippen LogP contribution in [0.5, 0.6) is 0 Å². The van der Waals surface area contributed by atoms with Crippen molar-refractivity contribution in [3.8, 4) is 0 Å². The molecule has 1 heterocycles. The van der Waals surface area contributed by atoms with E-state index < -0.39 is 0 Å². The summed E-state index contributed by atoms with van der Waals surface area (Å²) in [6.45, 7) is 9.35. The molecule has 2 rings (SSSR count). The van der Waals surface area contributed by atoms with Crippen molar-refractivity contribution in [2.75, 3.05) is 20.1 Å². The number of hydrogen-bond acceptors (Lipinski definition) is 2. The summed E-state index contributed by atoms with van der Waals surface area (Å²) in [5.41, 5.74) is 2.84. The lowest BCUT2D eigenvalue weighted by molar-refractivity contribution is 0.131. The molecule has 0 radical (unpaired) electrons. The molecule has 0 spiro atoms. The normalized spacial score (nSPS) is 16.4. The van der Waals surface area contributed by atoms with Gasteiger partial charge in [-0.1, -0.05) is 13.3 Å². The molecule has 5 nitrogen and oxygen atoms in total. The number of aromatic nitrogens is 2. The van der Waals surface area contributed by atoms with Crippen molar-refractivity contribution in [2.24, 2.45) is 10.4 Å². The van der Waals surface area contributed by atoms with Crippen LogP contribution in [0.3, 0.4) is 0 Å². The zero-order valence-corrected chi connectivity index (χ0v) is 17.3. The summed E-state index contributed by atoms with van der Waals surface area (Å²) in [7, 11) is 1.84. The highest BCUT2D eigenvalue weighted by Gasteiger charge is 2.34. The van der Waals surface area contributed by atoms with E-state index in [2.05, 4.69) is 45.3 Å². The van der Waals surface area contributed by atoms with Gasteiger partial charge in [-0.3, -0.25) is 9.67 Å². The lowest BCUT2D eigenvalue weighted by atomic mass is 9.67. The largest absolute Gasteiger partial charge is 0.356 e. The Bertz CT molecular complexity index is 500. The highest BCUT2D eigenvalue weighted by atomic mass is 127. The smallest absolute Gasteiger partial charge is 0.190 e.